The van der Waals surface area contributed by atoms with Crippen LogP contribution in [0.3, 0.4) is 0 Å². The van der Waals surface area contributed by atoms with Crippen molar-refractivity contribution in [2.24, 2.45) is 0 Å². The molecule has 3 N–H and O–H groups in total. The van der Waals surface area contributed by atoms with E-state index in [1.54, 1.807) is 35.4 Å². The summed E-state index contributed by atoms with van der Waals surface area (Å²) in [4.78, 5) is 26.0. The second kappa shape index (κ2) is 7.39. The molecule has 1 aliphatic rings. The number of benzene rings is 1. The average molecular weight is 382 g/mol. The minimum atomic E-state index is -4.63. The third kappa shape index (κ3) is 4.27. The number of hydrogen-bond donors (Lipinski definition) is 3. The van der Waals surface area contributed by atoms with Crippen molar-refractivity contribution in [2.45, 2.75) is 24.7 Å². The SMILES string of the molecule is O=C(N[C@@H]1CCN(C(=O)c2ccccc2)C[C@H]1O)c1cc(C(F)(F)F)[nH]n1. The molecule has 2 heterocycles. The number of aromatic amines is 1. The average Bonchev–Trinajstić information content (AvgIpc) is 3.14. The molecule has 0 radical (unpaired) electrons. The van der Waals surface area contributed by atoms with Crippen molar-refractivity contribution in [3.8, 4) is 0 Å². The maximum Gasteiger partial charge on any atom is 0.432 e. The van der Waals surface area contributed by atoms with Crippen molar-refractivity contribution in [3.05, 3.63) is 53.3 Å². The van der Waals surface area contributed by atoms with E-state index >= 15 is 0 Å². The van der Waals surface area contributed by atoms with Gasteiger partial charge in [-0.1, -0.05) is 18.2 Å². The zero-order valence-corrected chi connectivity index (χ0v) is 14.0. The zero-order chi connectivity index (χ0) is 19.6. The molecule has 1 aromatic heterocycles. The highest BCUT2D eigenvalue weighted by atomic mass is 19.4. The first-order valence-corrected chi connectivity index (χ1v) is 8.21. The Bertz CT molecular complexity index is 822. The molecule has 10 heteroatoms. The van der Waals surface area contributed by atoms with Crippen LogP contribution in [0.2, 0.25) is 0 Å². The minimum absolute atomic E-state index is 0.00698. The van der Waals surface area contributed by atoms with Crippen LogP contribution in [0.4, 0.5) is 13.2 Å². The van der Waals surface area contributed by atoms with E-state index in [9.17, 15) is 27.9 Å². The molecule has 1 saturated heterocycles. The number of rotatable bonds is 3. The Morgan fingerprint density at radius 3 is 2.56 bits per heavy atom. The number of carbonyl (C=O) groups is 2. The first-order chi connectivity index (χ1) is 12.8. The summed E-state index contributed by atoms with van der Waals surface area (Å²) in [5, 5.41) is 17.8. The van der Waals surface area contributed by atoms with Crippen molar-refractivity contribution >= 4 is 11.8 Å². The summed E-state index contributed by atoms with van der Waals surface area (Å²) in [6.45, 7) is 0.303. The Kier molecular flexibility index (Phi) is 5.17. The van der Waals surface area contributed by atoms with Crippen LogP contribution in [0.25, 0.3) is 0 Å². The number of nitrogens with one attached hydrogen (secondary N) is 2. The van der Waals surface area contributed by atoms with E-state index in [1.807, 2.05) is 0 Å². The van der Waals surface area contributed by atoms with Gasteiger partial charge in [-0.3, -0.25) is 14.7 Å². The fourth-order valence-electron chi connectivity index (χ4n) is 2.87. The van der Waals surface area contributed by atoms with Gasteiger partial charge in [0.15, 0.2) is 5.69 Å². The number of H-pyrrole nitrogens is 1. The minimum Gasteiger partial charge on any atom is -0.389 e. The van der Waals surface area contributed by atoms with Crippen molar-refractivity contribution < 1.29 is 27.9 Å². The molecule has 1 aliphatic heterocycles. The quantitative estimate of drug-likeness (QED) is 0.748. The van der Waals surface area contributed by atoms with Gasteiger partial charge in [-0.25, -0.2) is 0 Å². The van der Waals surface area contributed by atoms with Gasteiger partial charge in [0.05, 0.1) is 12.1 Å². The van der Waals surface area contributed by atoms with E-state index in [-0.39, 0.29) is 18.9 Å². The topological polar surface area (TPSA) is 98.3 Å². The molecule has 2 amide bonds. The van der Waals surface area contributed by atoms with Gasteiger partial charge in [-0.05, 0) is 18.6 Å². The second-order valence-corrected chi connectivity index (χ2v) is 6.22. The van der Waals surface area contributed by atoms with Crippen LogP contribution in [-0.2, 0) is 6.18 Å². The fraction of sp³-hybridized carbons (Fsp3) is 0.353. The van der Waals surface area contributed by atoms with Crippen LogP contribution in [0, 0.1) is 0 Å². The highest BCUT2D eigenvalue weighted by Gasteiger charge is 2.35. The largest absolute Gasteiger partial charge is 0.432 e. The predicted octanol–water partition coefficient (Wildman–Crippen LogP) is 1.43. The normalized spacial score (nSPS) is 20.4. The molecule has 7 nitrogen and oxygen atoms in total. The molecule has 1 fully saturated rings. The van der Waals surface area contributed by atoms with Gasteiger partial charge in [-0.2, -0.15) is 18.3 Å². The van der Waals surface area contributed by atoms with Gasteiger partial charge >= 0.3 is 6.18 Å². The van der Waals surface area contributed by atoms with Gasteiger partial charge in [0.1, 0.15) is 5.69 Å². The monoisotopic (exact) mass is 382 g/mol. The number of aliphatic hydroxyl groups is 1. The molecule has 1 aromatic carbocycles. The molecule has 0 saturated carbocycles. The number of halogens is 3. The van der Waals surface area contributed by atoms with E-state index < -0.39 is 35.6 Å². The van der Waals surface area contributed by atoms with E-state index in [0.29, 0.717) is 18.2 Å². The van der Waals surface area contributed by atoms with Gasteiger partial charge in [-0.15, -0.1) is 0 Å². The molecule has 0 spiro atoms. The van der Waals surface area contributed by atoms with Crippen LogP contribution in [0.5, 0.6) is 0 Å². The summed E-state index contributed by atoms with van der Waals surface area (Å²) in [5.41, 5.74) is -1.06. The lowest BCUT2D eigenvalue weighted by molar-refractivity contribution is -0.141. The van der Waals surface area contributed by atoms with Crippen LogP contribution >= 0.6 is 0 Å². The number of piperidine rings is 1. The van der Waals surface area contributed by atoms with Crippen LogP contribution in [-0.4, -0.2) is 57.3 Å². The van der Waals surface area contributed by atoms with E-state index in [1.165, 1.54) is 4.90 Å². The highest BCUT2D eigenvalue weighted by molar-refractivity contribution is 5.94. The summed E-state index contributed by atoms with van der Waals surface area (Å²) in [5.74, 6) is -1.06. The molecule has 144 valence electrons. The Balaban J connectivity index is 1.59. The molecule has 0 aliphatic carbocycles. The molecular formula is C17H17F3N4O3. The smallest absolute Gasteiger partial charge is 0.389 e. The number of likely N-dealkylation sites (tertiary alicyclic amines) is 1. The Morgan fingerprint density at radius 2 is 1.96 bits per heavy atom. The van der Waals surface area contributed by atoms with Crippen LogP contribution < -0.4 is 5.32 Å². The number of carbonyl (C=O) groups excluding carboxylic acids is 2. The van der Waals surface area contributed by atoms with Crippen LogP contribution in [0.1, 0.15) is 33.0 Å². The van der Waals surface area contributed by atoms with Crippen LogP contribution in [0.15, 0.2) is 36.4 Å². The Labute approximate surface area is 152 Å². The fourth-order valence-corrected chi connectivity index (χ4v) is 2.87. The highest BCUT2D eigenvalue weighted by Crippen LogP contribution is 2.27. The summed E-state index contributed by atoms with van der Waals surface area (Å²) in [6, 6.07) is 8.49. The van der Waals surface area contributed by atoms with Gasteiger partial charge in [0, 0.05) is 24.7 Å². The maximum atomic E-state index is 12.6. The number of aromatic nitrogens is 2. The van der Waals surface area contributed by atoms with E-state index in [0.717, 1.165) is 0 Å². The number of nitrogens with zero attached hydrogens (tertiary/aromatic N) is 2. The number of hydrogen-bond acceptors (Lipinski definition) is 4. The number of aliphatic hydroxyl groups excluding tert-OH is 1. The Hall–Kier alpha value is -2.88. The molecule has 2 atom stereocenters. The molecule has 2 aromatic rings. The Morgan fingerprint density at radius 1 is 1.26 bits per heavy atom. The maximum absolute atomic E-state index is 12.6. The predicted molar refractivity (Wildman–Crippen MR) is 87.8 cm³/mol. The molecule has 27 heavy (non-hydrogen) atoms. The third-order valence-corrected chi connectivity index (χ3v) is 4.32. The van der Waals surface area contributed by atoms with Gasteiger partial charge in [0.25, 0.3) is 11.8 Å². The van der Waals surface area contributed by atoms with Crippen molar-refractivity contribution in [2.75, 3.05) is 13.1 Å². The van der Waals surface area contributed by atoms with E-state index in [2.05, 4.69) is 10.4 Å². The number of alkyl halides is 3. The van der Waals surface area contributed by atoms with Gasteiger partial charge in [0.2, 0.25) is 0 Å². The first kappa shape index (κ1) is 18.9. The lowest BCUT2D eigenvalue weighted by Crippen LogP contribution is -2.55. The standard InChI is InChI=1S/C17H17F3N4O3/c18-17(19,20)14-8-12(22-23-14)15(26)21-11-6-7-24(9-13(11)25)16(27)10-4-2-1-3-5-10/h1-5,8,11,13,25H,6-7,9H2,(H,21,26)(H,22,23)/t11-,13-/m1/s1. The first-order valence-electron chi connectivity index (χ1n) is 8.21. The molecule has 0 unspecified atom stereocenters. The number of amides is 2. The number of β-amino-alcohol motifs (C(OH)–C–C–N with tert-alkyl or cyclic N) is 1. The molecule has 3 rings (SSSR count). The van der Waals surface area contributed by atoms with Crippen molar-refractivity contribution in [1.82, 2.24) is 20.4 Å². The van der Waals surface area contributed by atoms with Crippen molar-refractivity contribution in [3.63, 3.8) is 0 Å². The summed E-state index contributed by atoms with van der Waals surface area (Å²) in [7, 11) is 0. The molecular weight excluding hydrogens is 365 g/mol. The van der Waals surface area contributed by atoms with Gasteiger partial charge < -0.3 is 15.3 Å². The zero-order valence-electron chi connectivity index (χ0n) is 14.0. The lowest BCUT2D eigenvalue weighted by Gasteiger charge is -2.36. The lowest BCUT2D eigenvalue weighted by atomic mass is 10.0. The summed E-state index contributed by atoms with van der Waals surface area (Å²) < 4.78 is 37.7. The summed E-state index contributed by atoms with van der Waals surface area (Å²) >= 11 is 0. The second-order valence-electron chi connectivity index (χ2n) is 6.22. The van der Waals surface area contributed by atoms with E-state index in [4.69, 9.17) is 0 Å². The molecule has 0 bridgehead atoms. The van der Waals surface area contributed by atoms with Crippen molar-refractivity contribution in [1.29, 1.82) is 0 Å². The third-order valence-electron chi connectivity index (χ3n) is 4.32. The summed E-state index contributed by atoms with van der Waals surface area (Å²) in [6.07, 6.45) is -5.41.